The van der Waals surface area contributed by atoms with E-state index in [1.165, 1.54) is 19.3 Å². The summed E-state index contributed by atoms with van der Waals surface area (Å²) in [6.45, 7) is 5.55. The molecule has 13 heavy (non-hydrogen) atoms. The highest BCUT2D eigenvalue weighted by atomic mass is 16.3. The Bertz CT molecular complexity index is 147. The van der Waals surface area contributed by atoms with Crippen LogP contribution in [0.15, 0.2) is 0 Å². The molecule has 1 saturated carbocycles. The average Bonchev–Trinajstić information content (AvgIpc) is 2.03. The molecule has 0 bridgehead atoms. The van der Waals surface area contributed by atoms with Crippen molar-refractivity contribution in [1.29, 1.82) is 0 Å². The first kappa shape index (κ1) is 11.0. The normalized spacial score (nSPS) is 30.0. The molecule has 1 fully saturated rings. The van der Waals surface area contributed by atoms with Gasteiger partial charge in [-0.1, -0.05) is 26.7 Å². The molecule has 0 aromatic carbocycles. The van der Waals surface area contributed by atoms with Gasteiger partial charge in [0.15, 0.2) is 0 Å². The van der Waals surface area contributed by atoms with Gasteiger partial charge >= 0.3 is 0 Å². The Hall–Kier alpha value is -0.0800. The second-order valence-corrected chi connectivity index (χ2v) is 4.75. The lowest BCUT2D eigenvalue weighted by atomic mass is 9.91. The molecule has 0 saturated heterocycles. The zero-order chi connectivity index (χ0) is 9.84. The van der Waals surface area contributed by atoms with Gasteiger partial charge in [-0.15, -0.1) is 0 Å². The summed E-state index contributed by atoms with van der Waals surface area (Å²) in [5.41, 5.74) is 0. The van der Waals surface area contributed by atoms with E-state index in [1.807, 2.05) is 0 Å². The van der Waals surface area contributed by atoms with Crippen molar-refractivity contribution in [2.24, 2.45) is 5.92 Å². The van der Waals surface area contributed by atoms with Gasteiger partial charge in [-0.25, -0.2) is 0 Å². The summed E-state index contributed by atoms with van der Waals surface area (Å²) in [7, 11) is 2.14. The fourth-order valence-corrected chi connectivity index (χ4v) is 2.32. The van der Waals surface area contributed by atoms with E-state index in [9.17, 15) is 5.11 Å². The molecule has 0 heterocycles. The smallest absolute Gasteiger partial charge is 0.0695 e. The van der Waals surface area contributed by atoms with Crippen LogP contribution < -0.4 is 0 Å². The van der Waals surface area contributed by atoms with E-state index in [4.69, 9.17) is 0 Å². The second kappa shape index (κ2) is 4.97. The molecule has 1 aliphatic rings. The van der Waals surface area contributed by atoms with E-state index in [-0.39, 0.29) is 6.10 Å². The Morgan fingerprint density at radius 2 is 1.92 bits per heavy atom. The molecule has 0 spiro atoms. The number of likely N-dealkylation sites (N-methyl/N-ethyl adjacent to an activating group) is 1. The van der Waals surface area contributed by atoms with Crippen molar-refractivity contribution >= 4 is 0 Å². The topological polar surface area (TPSA) is 23.5 Å². The van der Waals surface area contributed by atoms with Crippen LogP contribution in [0.5, 0.6) is 0 Å². The van der Waals surface area contributed by atoms with E-state index < -0.39 is 0 Å². The molecule has 78 valence electrons. The molecule has 1 N–H and O–H groups in total. The maximum Gasteiger partial charge on any atom is 0.0695 e. The lowest BCUT2D eigenvalue weighted by Crippen LogP contribution is -2.44. The fourth-order valence-electron chi connectivity index (χ4n) is 2.32. The summed E-state index contributed by atoms with van der Waals surface area (Å²) in [6.07, 6.45) is 4.56. The van der Waals surface area contributed by atoms with Crippen molar-refractivity contribution in [3.05, 3.63) is 0 Å². The van der Waals surface area contributed by atoms with Crippen LogP contribution in [-0.4, -0.2) is 35.7 Å². The largest absolute Gasteiger partial charge is 0.391 e. The number of aliphatic hydroxyl groups is 1. The van der Waals surface area contributed by atoms with Crippen LogP contribution in [0.2, 0.25) is 0 Å². The monoisotopic (exact) mass is 185 g/mol. The molecule has 2 nitrogen and oxygen atoms in total. The lowest BCUT2D eigenvalue weighted by molar-refractivity contribution is 0.0277. The first-order valence-corrected chi connectivity index (χ1v) is 5.49. The zero-order valence-electron chi connectivity index (χ0n) is 9.16. The molecule has 0 amide bonds. The van der Waals surface area contributed by atoms with Gasteiger partial charge in [0.2, 0.25) is 0 Å². The number of rotatable bonds is 3. The van der Waals surface area contributed by atoms with Gasteiger partial charge in [-0.3, -0.25) is 0 Å². The fraction of sp³-hybridized carbons (Fsp3) is 1.00. The third-order valence-electron chi connectivity index (χ3n) is 2.91. The average molecular weight is 185 g/mol. The first-order chi connectivity index (χ1) is 6.11. The standard InChI is InChI=1S/C11H23NO/c1-9(2)8-12(3)10-6-4-5-7-11(10)13/h9-11,13H,4-8H2,1-3H3/t10-,11-/m1/s1. The third kappa shape index (κ3) is 3.28. The second-order valence-electron chi connectivity index (χ2n) is 4.75. The van der Waals surface area contributed by atoms with Crippen LogP contribution in [0.4, 0.5) is 0 Å². The van der Waals surface area contributed by atoms with Gasteiger partial charge in [0.1, 0.15) is 0 Å². The molecule has 0 aliphatic heterocycles. The van der Waals surface area contributed by atoms with Crippen molar-refractivity contribution in [2.45, 2.75) is 51.7 Å². The Kier molecular flexibility index (Phi) is 4.20. The number of hydrogen-bond acceptors (Lipinski definition) is 2. The molecule has 0 aromatic heterocycles. The quantitative estimate of drug-likeness (QED) is 0.725. The van der Waals surface area contributed by atoms with Gasteiger partial charge in [-0.2, -0.15) is 0 Å². The zero-order valence-corrected chi connectivity index (χ0v) is 9.16. The molecular formula is C11H23NO. The van der Waals surface area contributed by atoms with E-state index in [0.717, 1.165) is 13.0 Å². The van der Waals surface area contributed by atoms with Crippen LogP contribution in [-0.2, 0) is 0 Å². The number of hydrogen-bond donors (Lipinski definition) is 1. The maximum absolute atomic E-state index is 9.81. The van der Waals surface area contributed by atoms with Crippen molar-refractivity contribution in [1.82, 2.24) is 4.90 Å². The maximum atomic E-state index is 9.81. The molecule has 0 radical (unpaired) electrons. The Morgan fingerprint density at radius 3 is 2.46 bits per heavy atom. The van der Waals surface area contributed by atoms with Gasteiger partial charge in [0.05, 0.1) is 6.10 Å². The van der Waals surface area contributed by atoms with Gasteiger partial charge in [0, 0.05) is 12.6 Å². The van der Waals surface area contributed by atoms with Crippen LogP contribution in [0.25, 0.3) is 0 Å². The minimum Gasteiger partial charge on any atom is -0.391 e. The third-order valence-corrected chi connectivity index (χ3v) is 2.91. The van der Waals surface area contributed by atoms with Crippen molar-refractivity contribution < 1.29 is 5.11 Å². The van der Waals surface area contributed by atoms with Gasteiger partial charge < -0.3 is 10.0 Å². The molecule has 1 aliphatic carbocycles. The predicted molar refractivity (Wildman–Crippen MR) is 55.7 cm³/mol. The predicted octanol–water partition coefficient (Wildman–Crippen LogP) is 1.88. The van der Waals surface area contributed by atoms with Crippen molar-refractivity contribution in [2.75, 3.05) is 13.6 Å². The molecule has 0 aromatic rings. The molecule has 2 heteroatoms. The van der Waals surface area contributed by atoms with Gasteiger partial charge in [0.25, 0.3) is 0 Å². The Balaban J connectivity index is 2.39. The first-order valence-electron chi connectivity index (χ1n) is 5.49. The van der Waals surface area contributed by atoms with Crippen molar-refractivity contribution in [3.63, 3.8) is 0 Å². The highest BCUT2D eigenvalue weighted by Gasteiger charge is 2.26. The molecule has 1 rings (SSSR count). The van der Waals surface area contributed by atoms with Crippen LogP contribution in [0, 0.1) is 5.92 Å². The summed E-state index contributed by atoms with van der Waals surface area (Å²) < 4.78 is 0. The summed E-state index contributed by atoms with van der Waals surface area (Å²) in [4.78, 5) is 2.33. The summed E-state index contributed by atoms with van der Waals surface area (Å²) >= 11 is 0. The van der Waals surface area contributed by atoms with E-state index in [2.05, 4.69) is 25.8 Å². The van der Waals surface area contributed by atoms with Crippen LogP contribution >= 0.6 is 0 Å². The van der Waals surface area contributed by atoms with Gasteiger partial charge in [-0.05, 0) is 25.8 Å². The summed E-state index contributed by atoms with van der Waals surface area (Å²) in [5.74, 6) is 0.694. The summed E-state index contributed by atoms with van der Waals surface area (Å²) in [5, 5.41) is 9.81. The van der Waals surface area contributed by atoms with Crippen LogP contribution in [0.3, 0.4) is 0 Å². The molecule has 0 unspecified atom stereocenters. The molecular weight excluding hydrogens is 162 g/mol. The molecule has 2 atom stereocenters. The summed E-state index contributed by atoms with van der Waals surface area (Å²) in [6, 6.07) is 0.413. The van der Waals surface area contributed by atoms with E-state index in [1.54, 1.807) is 0 Å². The SMILES string of the molecule is CC(C)CN(C)[C@@H]1CCCC[C@H]1O. The lowest BCUT2D eigenvalue weighted by Gasteiger charge is -2.36. The number of aliphatic hydroxyl groups excluding tert-OH is 1. The highest BCUT2D eigenvalue weighted by molar-refractivity contribution is 4.81. The van der Waals surface area contributed by atoms with E-state index in [0.29, 0.717) is 12.0 Å². The number of nitrogens with zero attached hydrogens (tertiary/aromatic N) is 1. The van der Waals surface area contributed by atoms with Crippen molar-refractivity contribution in [3.8, 4) is 0 Å². The Labute approximate surface area is 81.9 Å². The Morgan fingerprint density at radius 1 is 1.31 bits per heavy atom. The van der Waals surface area contributed by atoms with Crippen LogP contribution in [0.1, 0.15) is 39.5 Å². The highest BCUT2D eigenvalue weighted by Crippen LogP contribution is 2.22. The minimum absolute atomic E-state index is 0.0856. The minimum atomic E-state index is -0.0856. The van der Waals surface area contributed by atoms with E-state index >= 15 is 0 Å².